The molecule has 1 aromatic rings. The number of ether oxygens (including phenoxy) is 1. The monoisotopic (exact) mass is 277 g/mol. The van der Waals surface area contributed by atoms with Crippen LogP contribution < -0.4 is 5.32 Å². The van der Waals surface area contributed by atoms with Crippen molar-refractivity contribution in [1.29, 1.82) is 0 Å². The van der Waals surface area contributed by atoms with Gasteiger partial charge in [-0.3, -0.25) is 0 Å². The lowest BCUT2D eigenvalue weighted by Gasteiger charge is -2.28. The summed E-state index contributed by atoms with van der Waals surface area (Å²) in [6.45, 7) is 5.09. The lowest BCUT2D eigenvalue weighted by Crippen LogP contribution is -2.21. The van der Waals surface area contributed by atoms with Crippen LogP contribution in [0, 0.1) is 5.92 Å². The lowest BCUT2D eigenvalue weighted by molar-refractivity contribution is 0.0289. The third-order valence-electron chi connectivity index (χ3n) is 4.10. The van der Waals surface area contributed by atoms with E-state index in [1.165, 1.54) is 32.1 Å². The first-order valence-electron chi connectivity index (χ1n) is 7.93. The highest BCUT2D eigenvalue weighted by molar-refractivity contribution is 5.36. The van der Waals surface area contributed by atoms with Gasteiger partial charge >= 0.3 is 0 Å². The van der Waals surface area contributed by atoms with Gasteiger partial charge in [-0.1, -0.05) is 26.2 Å². The minimum Gasteiger partial charge on any atom is -0.373 e. The van der Waals surface area contributed by atoms with Crippen molar-refractivity contribution in [3.05, 3.63) is 17.6 Å². The highest BCUT2D eigenvalue weighted by Crippen LogP contribution is 2.35. The zero-order valence-corrected chi connectivity index (χ0v) is 13.0. The molecule has 112 valence electrons. The summed E-state index contributed by atoms with van der Waals surface area (Å²) in [5.74, 6) is 2.34. The largest absolute Gasteiger partial charge is 0.373 e. The first-order chi connectivity index (χ1) is 9.78. The Morgan fingerprint density at radius 1 is 1.25 bits per heavy atom. The second-order valence-electron chi connectivity index (χ2n) is 5.54. The van der Waals surface area contributed by atoms with E-state index in [0.717, 1.165) is 30.3 Å². The maximum absolute atomic E-state index is 5.76. The van der Waals surface area contributed by atoms with Crippen LogP contribution in [0.2, 0.25) is 0 Å². The number of aromatic nitrogens is 2. The molecule has 1 aromatic heterocycles. The summed E-state index contributed by atoms with van der Waals surface area (Å²) >= 11 is 0. The zero-order valence-electron chi connectivity index (χ0n) is 13.0. The van der Waals surface area contributed by atoms with E-state index in [2.05, 4.69) is 24.1 Å². The maximum atomic E-state index is 5.76. The molecule has 0 amide bonds. The first-order valence-corrected chi connectivity index (χ1v) is 7.93. The Hall–Kier alpha value is -1.16. The van der Waals surface area contributed by atoms with Crippen LogP contribution in [0.25, 0.3) is 0 Å². The minimum absolute atomic E-state index is 0.0409. The number of nitrogens with one attached hydrogen (secondary N) is 1. The standard InChI is InChI=1S/C16H27N3O/c1-4-13-11-14(17-5-2)19-16(18-13)15(20-3)12-9-7-6-8-10-12/h11-12,15H,4-10H2,1-3H3,(H,17,18,19). The fourth-order valence-corrected chi connectivity index (χ4v) is 3.04. The molecule has 4 nitrogen and oxygen atoms in total. The molecule has 1 fully saturated rings. The van der Waals surface area contributed by atoms with E-state index >= 15 is 0 Å². The van der Waals surface area contributed by atoms with E-state index in [1.54, 1.807) is 7.11 Å². The molecule has 1 N–H and O–H groups in total. The number of anilines is 1. The fourth-order valence-electron chi connectivity index (χ4n) is 3.04. The lowest BCUT2D eigenvalue weighted by atomic mass is 9.85. The van der Waals surface area contributed by atoms with Crippen molar-refractivity contribution in [3.63, 3.8) is 0 Å². The Bertz CT molecular complexity index is 416. The number of hydrogen-bond acceptors (Lipinski definition) is 4. The van der Waals surface area contributed by atoms with Crippen LogP contribution in [0.1, 0.15) is 63.6 Å². The van der Waals surface area contributed by atoms with Gasteiger partial charge in [0.25, 0.3) is 0 Å². The van der Waals surface area contributed by atoms with Crippen molar-refractivity contribution < 1.29 is 4.74 Å². The average molecular weight is 277 g/mol. The van der Waals surface area contributed by atoms with Gasteiger partial charge in [-0.25, -0.2) is 9.97 Å². The number of aryl methyl sites for hydroxylation is 1. The molecule has 4 heteroatoms. The molecule has 0 saturated heterocycles. The topological polar surface area (TPSA) is 47.0 Å². The Kier molecular flexibility index (Phi) is 5.77. The van der Waals surface area contributed by atoms with E-state index in [4.69, 9.17) is 9.72 Å². The van der Waals surface area contributed by atoms with Crippen LogP contribution >= 0.6 is 0 Å². The molecule has 1 aliphatic carbocycles. The number of rotatable bonds is 6. The molecule has 1 unspecified atom stereocenters. The van der Waals surface area contributed by atoms with Crippen molar-refractivity contribution in [2.45, 2.75) is 58.5 Å². The van der Waals surface area contributed by atoms with Gasteiger partial charge in [-0.15, -0.1) is 0 Å². The fraction of sp³-hybridized carbons (Fsp3) is 0.750. The SMILES string of the molecule is CCNc1cc(CC)nc(C(OC)C2CCCCC2)n1. The number of methoxy groups -OCH3 is 1. The summed E-state index contributed by atoms with van der Waals surface area (Å²) in [4.78, 5) is 9.37. The molecule has 1 atom stereocenters. The molecule has 1 heterocycles. The molecule has 1 aliphatic rings. The summed E-state index contributed by atoms with van der Waals surface area (Å²) in [6, 6.07) is 2.04. The second kappa shape index (κ2) is 7.58. The highest BCUT2D eigenvalue weighted by Gasteiger charge is 2.27. The molecule has 0 aliphatic heterocycles. The van der Waals surface area contributed by atoms with Gasteiger partial charge in [0.15, 0.2) is 5.82 Å². The summed E-state index contributed by atoms with van der Waals surface area (Å²) in [7, 11) is 1.79. The molecule has 0 spiro atoms. The van der Waals surface area contributed by atoms with E-state index in [1.807, 2.05) is 6.07 Å². The van der Waals surface area contributed by atoms with E-state index in [-0.39, 0.29) is 6.10 Å². The molecule has 0 bridgehead atoms. The first kappa shape index (κ1) is 15.2. The van der Waals surface area contributed by atoms with Gasteiger partial charge in [-0.2, -0.15) is 0 Å². The highest BCUT2D eigenvalue weighted by atomic mass is 16.5. The van der Waals surface area contributed by atoms with Crippen LogP contribution in [0.5, 0.6) is 0 Å². The van der Waals surface area contributed by atoms with Crippen LogP contribution in [0.4, 0.5) is 5.82 Å². The van der Waals surface area contributed by atoms with Crippen molar-refractivity contribution in [2.75, 3.05) is 19.0 Å². The minimum atomic E-state index is 0.0409. The van der Waals surface area contributed by atoms with Gasteiger partial charge in [0.1, 0.15) is 11.9 Å². The van der Waals surface area contributed by atoms with E-state index in [9.17, 15) is 0 Å². The Balaban J connectivity index is 2.24. The van der Waals surface area contributed by atoms with Crippen LogP contribution in [-0.4, -0.2) is 23.6 Å². The Labute approximate surface area is 122 Å². The van der Waals surface area contributed by atoms with Crippen LogP contribution in [0.15, 0.2) is 6.07 Å². The van der Waals surface area contributed by atoms with E-state index in [0.29, 0.717) is 5.92 Å². The third-order valence-corrected chi connectivity index (χ3v) is 4.10. The quantitative estimate of drug-likeness (QED) is 0.860. The molecule has 0 radical (unpaired) electrons. The second-order valence-corrected chi connectivity index (χ2v) is 5.54. The molecule has 2 rings (SSSR count). The average Bonchev–Trinajstić information content (AvgIpc) is 2.49. The predicted molar refractivity (Wildman–Crippen MR) is 81.9 cm³/mol. The molecular formula is C16H27N3O. The maximum Gasteiger partial charge on any atom is 0.159 e. The third kappa shape index (κ3) is 3.69. The smallest absolute Gasteiger partial charge is 0.159 e. The molecule has 0 aromatic carbocycles. The van der Waals surface area contributed by atoms with Gasteiger partial charge in [0, 0.05) is 25.4 Å². The number of hydrogen-bond donors (Lipinski definition) is 1. The van der Waals surface area contributed by atoms with Crippen molar-refractivity contribution in [3.8, 4) is 0 Å². The zero-order chi connectivity index (χ0) is 14.4. The van der Waals surface area contributed by atoms with Crippen LogP contribution in [-0.2, 0) is 11.2 Å². The van der Waals surface area contributed by atoms with Crippen molar-refractivity contribution in [2.24, 2.45) is 5.92 Å². The van der Waals surface area contributed by atoms with Gasteiger partial charge in [-0.05, 0) is 32.1 Å². The van der Waals surface area contributed by atoms with E-state index < -0.39 is 0 Å². The normalized spacial score (nSPS) is 17.9. The van der Waals surface area contributed by atoms with Gasteiger partial charge < -0.3 is 10.1 Å². The number of nitrogens with zero attached hydrogens (tertiary/aromatic N) is 2. The predicted octanol–water partition coefficient (Wildman–Crippen LogP) is 3.74. The molecule has 1 saturated carbocycles. The van der Waals surface area contributed by atoms with Crippen molar-refractivity contribution in [1.82, 2.24) is 9.97 Å². The Morgan fingerprint density at radius 2 is 2.00 bits per heavy atom. The van der Waals surface area contributed by atoms with Gasteiger partial charge in [0.2, 0.25) is 0 Å². The van der Waals surface area contributed by atoms with Crippen LogP contribution in [0.3, 0.4) is 0 Å². The molecule has 20 heavy (non-hydrogen) atoms. The molecular weight excluding hydrogens is 250 g/mol. The van der Waals surface area contributed by atoms with Gasteiger partial charge in [0.05, 0.1) is 0 Å². The Morgan fingerprint density at radius 3 is 2.60 bits per heavy atom. The summed E-state index contributed by atoms with van der Waals surface area (Å²) < 4.78 is 5.76. The summed E-state index contributed by atoms with van der Waals surface area (Å²) in [5.41, 5.74) is 1.09. The summed E-state index contributed by atoms with van der Waals surface area (Å²) in [5, 5.41) is 3.30. The van der Waals surface area contributed by atoms with Crippen molar-refractivity contribution >= 4 is 5.82 Å². The summed E-state index contributed by atoms with van der Waals surface area (Å²) in [6.07, 6.45) is 7.39.